The normalized spacial score (nSPS) is 11.2. The molecule has 126 valence electrons. The van der Waals surface area contributed by atoms with E-state index in [1.807, 2.05) is 26.0 Å². The van der Waals surface area contributed by atoms with Crippen LogP contribution in [0.4, 0.5) is 5.69 Å². The van der Waals surface area contributed by atoms with Crippen LogP contribution in [0, 0.1) is 13.8 Å². The van der Waals surface area contributed by atoms with Crippen molar-refractivity contribution in [2.75, 3.05) is 12.3 Å². The fourth-order valence-electron chi connectivity index (χ4n) is 2.11. The Morgan fingerprint density at radius 2 is 1.79 bits per heavy atom. The number of nitrogens with two attached hydrogens (primary N) is 1. The Kier molecular flexibility index (Phi) is 5.82. The minimum Gasteiger partial charge on any atom is -0.484 e. The highest BCUT2D eigenvalue weighted by Gasteiger charge is 2.06. The van der Waals surface area contributed by atoms with Crippen molar-refractivity contribution in [1.29, 1.82) is 0 Å². The van der Waals surface area contributed by atoms with E-state index in [0.717, 1.165) is 16.7 Å². The number of hydrazone groups is 1. The molecule has 0 saturated carbocycles. The van der Waals surface area contributed by atoms with Gasteiger partial charge in [0.05, 0.1) is 5.71 Å². The van der Waals surface area contributed by atoms with Gasteiger partial charge in [-0.25, -0.2) is 5.43 Å². The summed E-state index contributed by atoms with van der Waals surface area (Å²) in [6.45, 7) is 5.46. The number of carbonyl (C=O) groups is 1. The van der Waals surface area contributed by atoms with Gasteiger partial charge in [0.1, 0.15) is 5.75 Å². The molecule has 0 radical (unpaired) electrons. The molecule has 0 aliphatic rings. The molecular formula is C18H20ClN3O2. The minimum absolute atomic E-state index is 0.126. The monoisotopic (exact) mass is 345 g/mol. The van der Waals surface area contributed by atoms with Crippen molar-refractivity contribution in [2.45, 2.75) is 20.8 Å². The number of nitrogen functional groups attached to an aromatic ring is 1. The van der Waals surface area contributed by atoms with Gasteiger partial charge in [0.2, 0.25) is 0 Å². The number of hydrogen-bond acceptors (Lipinski definition) is 4. The summed E-state index contributed by atoms with van der Waals surface area (Å²) < 4.78 is 5.48. The highest BCUT2D eigenvalue weighted by atomic mass is 35.5. The molecule has 0 aliphatic carbocycles. The molecule has 1 amide bonds. The summed E-state index contributed by atoms with van der Waals surface area (Å²) in [5.74, 6) is 0.263. The second-order valence-corrected chi connectivity index (χ2v) is 5.89. The summed E-state index contributed by atoms with van der Waals surface area (Å²) in [7, 11) is 0. The van der Waals surface area contributed by atoms with Crippen molar-refractivity contribution in [3.63, 3.8) is 0 Å². The molecule has 2 aromatic rings. The number of amides is 1. The van der Waals surface area contributed by atoms with Gasteiger partial charge in [-0.05, 0) is 61.7 Å². The summed E-state index contributed by atoms with van der Waals surface area (Å²) >= 11 is 6.10. The Bertz CT molecular complexity index is 747. The van der Waals surface area contributed by atoms with E-state index >= 15 is 0 Å². The smallest absolute Gasteiger partial charge is 0.277 e. The molecule has 0 unspecified atom stereocenters. The molecule has 0 fully saturated rings. The molecule has 0 bridgehead atoms. The van der Waals surface area contributed by atoms with Crippen LogP contribution in [0.1, 0.15) is 23.6 Å². The molecule has 0 heterocycles. The number of nitrogens with one attached hydrogen (secondary N) is 1. The maximum atomic E-state index is 11.9. The lowest BCUT2D eigenvalue weighted by Crippen LogP contribution is -2.25. The second kappa shape index (κ2) is 7.84. The van der Waals surface area contributed by atoms with Gasteiger partial charge in [0.15, 0.2) is 6.61 Å². The number of carbonyl (C=O) groups excluding carboxylic acids is 1. The molecule has 24 heavy (non-hydrogen) atoms. The van der Waals surface area contributed by atoms with Gasteiger partial charge < -0.3 is 10.5 Å². The van der Waals surface area contributed by atoms with Crippen LogP contribution in [-0.4, -0.2) is 18.2 Å². The fourth-order valence-corrected chi connectivity index (χ4v) is 2.21. The predicted molar refractivity (Wildman–Crippen MR) is 97.6 cm³/mol. The molecular weight excluding hydrogens is 326 g/mol. The number of aryl methyl sites for hydroxylation is 2. The summed E-state index contributed by atoms with van der Waals surface area (Å²) in [5.41, 5.74) is 12.2. The molecule has 0 saturated heterocycles. The number of halogens is 1. The Morgan fingerprint density at radius 1 is 1.21 bits per heavy atom. The first-order chi connectivity index (χ1) is 11.4. The predicted octanol–water partition coefficient (Wildman–Crippen LogP) is 3.46. The number of benzene rings is 2. The van der Waals surface area contributed by atoms with E-state index in [9.17, 15) is 4.79 Å². The zero-order chi connectivity index (χ0) is 17.7. The molecule has 2 rings (SSSR count). The standard InChI is InChI=1S/C18H20ClN3O2/c1-11-8-16(9-12(2)18(11)19)24-10-17(23)22-21-13(3)14-4-6-15(20)7-5-14/h4-9H,10,20H2,1-3H3,(H,22,23)/b21-13-. The van der Waals surface area contributed by atoms with Crippen LogP contribution >= 0.6 is 11.6 Å². The average Bonchev–Trinajstić information content (AvgIpc) is 2.56. The van der Waals surface area contributed by atoms with Crippen LogP contribution in [0.3, 0.4) is 0 Å². The molecule has 0 atom stereocenters. The zero-order valence-electron chi connectivity index (χ0n) is 13.9. The van der Waals surface area contributed by atoms with Gasteiger partial charge in [-0.3, -0.25) is 4.79 Å². The van der Waals surface area contributed by atoms with Crippen LogP contribution in [-0.2, 0) is 4.79 Å². The summed E-state index contributed by atoms with van der Waals surface area (Å²) in [6.07, 6.45) is 0. The summed E-state index contributed by atoms with van der Waals surface area (Å²) in [6, 6.07) is 10.8. The Hall–Kier alpha value is -2.53. The number of anilines is 1. The van der Waals surface area contributed by atoms with Crippen LogP contribution < -0.4 is 15.9 Å². The highest BCUT2D eigenvalue weighted by Crippen LogP contribution is 2.25. The third-order valence-electron chi connectivity index (χ3n) is 3.46. The Balaban J connectivity index is 1.91. The maximum Gasteiger partial charge on any atom is 0.277 e. The first kappa shape index (κ1) is 17.8. The molecule has 0 aromatic heterocycles. The second-order valence-electron chi connectivity index (χ2n) is 5.51. The number of hydrogen-bond donors (Lipinski definition) is 2. The van der Waals surface area contributed by atoms with Crippen molar-refractivity contribution < 1.29 is 9.53 Å². The Morgan fingerprint density at radius 3 is 2.38 bits per heavy atom. The molecule has 3 N–H and O–H groups in total. The minimum atomic E-state index is -0.338. The van der Waals surface area contributed by atoms with Gasteiger partial charge in [-0.2, -0.15) is 5.10 Å². The fraction of sp³-hybridized carbons (Fsp3) is 0.222. The van der Waals surface area contributed by atoms with Crippen LogP contribution in [0.15, 0.2) is 41.5 Å². The van der Waals surface area contributed by atoms with E-state index in [0.29, 0.717) is 22.2 Å². The number of ether oxygens (including phenoxy) is 1. The largest absolute Gasteiger partial charge is 0.484 e. The Labute approximate surface area is 146 Å². The quantitative estimate of drug-likeness (QED) is 0.495. The molecule has 0 aliphatic heterocycles. The lowest BCUT2D eigenvalue weighted by Gasteiger charge is -2.09. The van der Waals surface area contributed by atoms with E-state index in [1.165, 1.54) is 0 Å². The third-order valence-corrected chi connectivity index (χ3v) is 4.05. The van der Waals surface area contributed by atoms with Crippen LogP contribution in [0.25, 0.3) is 0 Å². The van der Waals surface area contributed by atoms with Gasteiger partial charge in [-0.15, -0.1) is 0 Å². The van der Waals surface area contributed by atoms with E-state index in [4.69, 9.17) is 22.1 Å². The molecule has 6 heteroatoms. The first-order valence-electron chi connectivity index (χ1n) is 7.45. The van der Waals surface area contributed by atoms with Crippen molar-refractivity contribution in [3.8, 4) is 5.75 Å². The van der Waals surface area contributed by atoms with Gasteiger partial charge in [0, 0.05) is 10.7 Å². The third kappa shape index (κ3) is 4.73. The van der Waals surface area contributed by atoms with Gasteiger partial charge in [-0.1, -0.05) is 23.7 Å². The summed E-state index contributed by atoms with van der Waals surface area (Å²) in [4.78, 5) is 11.9. The van der Waals surface area contributed by atoms with Crippen molar-refractivity contribution >= 4 is 28.9 Å². The number of nitrogens with zero attached hydrogens (tertiary/aromatic N) is 1. The lowest BCUT2D eigenvalue weighted by atomic mass is 10.1. The van der Waals surface area contributed by atoms with E-state index in [1.54, 1.807) is 31.2 Å². The SMILES string of the molecule is C/C(=N/NC(=O)COc1cc(C)c(Cl)c(C)c1)c1ccc(N)cc1. The topological polar surface area (TPSA) is 76.7 Å². The van der Waals surface area contributed by atoms with E-state index in [-0.39, 0.29) is 12.5 Å². The maximum absolute atomic E-state index is 11.9. The number of rotatable bonds is 5. The van der Waals surface area contributed by atoms with Crippen molar-refractivity contribution in [3.05, 3.63) is 58.1 Å². The van der Waals surface area contributed by atoms with Crippen molar-refractivity contribution in [1.82, 2.24) is 5.43 Å². The van der Waals surface area contributed by atoms with Gasteiger partial charge in [0.25, 0.3) is 5.91 Å². The molecule has 2 aromatic carbocycles. The van der Waals surface area contributed by atoms with Crippen LogP contribution in [0.2, 0.25) is 5.02 Å². The average molecular weight is 346 g/mol. The van der Waals surface area contributed by atoms with Crippen molar-refractivity contribution in [2.24, 2.45) is 5.10 Å². The molecule has 0 spiro atoms. The van der Waals surface area contributed by atoms with Gasteiger partial charge >= 0.3 is 0 Å². The summed E-state index contributed by atoms with van der Waals surface area (Å²) in [5, 5.41) is 4.76. The van der Waals surface area contributed by atoms with E-state index < -0.39 is 0 Å². The van der Waals surface area contributed by atoms with E-state index in [2.05, 4.69) is 10.5 Å². The van der Waals surface area contributed by atoms with Crippen LogP contribution in [0.5, 0.6) is 5.75 Å². The lowest BCUT2D eigenvalue weighted by molar-refractivity contribution is -0.123. The molecule has 5 nitrogen and oxygen atoms in total. The highest BCUT2D eigenvalue weighted by molar-refractivity contribution is 6.32. The first-order valence-corrected chi connectivity index (χ1v) is 7.83. The zero-order valence-corrected chi connectivity index (χ0v) is 14.6.